The van der Waals surface area contributed by atoms with Crippen LogP contribution in [0.4, 0.5) is 5.69 Å². The summed E-state index contributed by atoms with van der Waals surface area (Å²) in [6.07, 6.45) is 2.28. The van der Waals surface area contributed by atoms with Gasteiger partial charge in [-0.25, -0.2) is 21.6 Å². The monoisotopic (exact) mass is 320 g/mol. The zero-order chi connectivity index (χ0) is 15.0. The Morgan fingerprint density at radius 2 is 2.10 bits per heavy atom. The topological polar surface area (TPSA) is 130 Å². The Bertz CT molecular complexity index is 741. The molecule has 1 saturated heterocycles. The first kappa shape index (κ1) is 14.7. The van der Waals surface area contributed by atoms with E-state index >= 15 is 0 Å². The van der Waals surface area contributed by atoms with Crippen LogP contribution in [0, 0.1) is 0 Å². The molecule has 1 aromatic rings. The van der Waals surface area contributed by atoms with Gasteiger partial charge < -0.3 is 5.11 Å². The van der Waals surface area contributed by atoms with E-state index in [2.05, 4.69) is 9.71 Å². The van der Waals surface area contributed by atoms with Gasteiger partial charge in [0.15, 0.2) is 9.84 Å². The maximum atomic E-state index is 12.0. The number of aromatic carboxylic acids is 1. The molecule has 0 radical (unpaired) electrons. The van der Waals surface area contributed by atoms with E-state index in [1.807, 2.05) is 0 Å². The first-order valence-electron chi connectivity index (χ1n) is 5.60. The molecule has 2 rings (SSSR count). The fourth-order valence-corrected chi connectivity index (χ4v) is 5.93. The number of pyridine rings is 1. The highest BCUT2D eigenvalue weighted by Gasteiger charge is 2.37. The van der Waals surface area contributed by atoms with Crippen molar-refractivity contribution < 1.29 is 26.7 Å². The van der Waals surface area contributed by atoms with Gasteiger partial charge in [-0.05, 0) is 12.5 Å². The predicted molar refractivity (Wildman–Crippen MR) is 70.8 cm³/mol. The number of nitrogens with one attached hydrogen (secondary N) is 1. The van der Waals surface area contributed by atoms with Crippen molar-refractivity contribution in [2.75, 3.05) is 16.2 Å². The van der Waals surface area contributed by atoms with Crippen molar-refractivity contribution in [1.29, 1.82) is 0 Å². The van der Waals surface area contributed by atoms with E-state index in [1.165, 1.54) is 0 Å². The first-order chi connectivity index (χ1) is 9.20. The number of hydrogen-bond acceptors (Lipinski definition) is 6. The summed E-state index contributed by atoms with van der Waals surface area (Å²) < 4.78 is 48.8. The summed E-state index contributed by atoms with van der Waals surface area (Å²) in [4.78, 5) is 14.4. The number of carboxylic acids is 1. The fraction of sp³-hybridized carbons (Fsp3) is 0.400. The Morgan fingerprint density at radius 3 is 2.65 bits per heavy atom. The number of sulfone groups is 1. The van der Waals surface area contributed by atoms with Crippen LogP contribution < -0.4 is 4.72 Å². The lowest BCUT2D eigenvalue weighted by Crippen LogP contribution is -2.29. The van der Waals surface area contributed by atoms with E-state index in [0.717, 1.165) is 18.5 Å². The van der Waals surface area contributed by atoms with Crippen LogP contribution in [0.1, 0.15) is 16.8 Å². The molecule has 0 saturated carbocycles. The van der Waals surface area contributed by atoms with Gasteiger partial charge in [0.2, 0.25) is 10.0 Å². The molecule has 2 heterocycles. The van der Waals surface area contributed by atoms with Gasteiger partial charge in [-0.1, -0.05) is 0 Å². The molecule has 1 aliphatic rings. The van der Waals surface area contributed by atoms with Gasteiger partial charge in [-0.15, -0.1) is 0 Å². The number of carbonyl (C=O) groups is 1. The van der Waals surface area contributed by atoms with Crippen LogP contribution in [-0.4, -0.2) is 49.7 Å². The molecule has 0 aliphatic carbocycles. The van der Waals surface area contributed by atoms with E-state index in [-0.39, 0.29) is 23.4 Å². The maximum Gasteiger partial charge on any atom is 0.337 e. The van der Waals surface area contributed by atoms with Crippen molar-refractivity contribution in [3.63, 3.8) is 0 Å². The van der Waals surface area contributed by atoms with Crippen LogP contribution in [0.25, 0.3) is 0 Å². The van der Waals surface area contributed by atoms with Gasteiger partial charge in [-0.3, -0.25) is 9.71 Å². The van der Waals surface area contributed by atoms with E-state index in [4.69, 9.17) is 5.11 Å². The predicted octanol–water partition coefficient (Wildman–Crippen LogP) is -0.291. The van der Waals surface area contributed by atoms with Gasteiger partial charge in [0.25, 0.3) is 0 Å². The van der Waals surface area contributed by atoms with Crippen LogP contribution in [0.5, 0.6) is 0 Å². The Labute approximate surface area is 115 Å². The standard InChI is InChI=1S/C10H12N2O6S2/c13-10(14)7-3-8(5-11-4-7)12-20(17,18)9-1-2-19(15,16)6-9/h3-5,9,12H,1-2,6H2,(H,13,14). The molecule has 0 spiro atoms. The highest BCUT2D eigenvalue weighted by Crippen LogP contribution is 2.21. The number of carboxylic acid groups (broad SMARTS) is 1. The Hall–Kier alpha value is -1.68. The normalized spacial score (nSPS) is 21.5. The Balaban J connectivity index is 2.21. The molecule has 1 unspecified atom stereocenters. The third kappa shape index (κ3) is 3.25. The van der Waals surface area contributed by atoms with Crippen LogP contribution in [0.15, 0.2) is 18.5 Å². The van der Waals surface area contributed by atoms with Crippen molar-refractivity contribution in [1.82, 2.24) is 4.98 Å². The van der Waals surface area contributed by atoms with Gasteiger partial charge in [0.05, 0.1) is 34.2 Å². The lowest BCUT2D eigenvalue weighted by Gasteiger charge is -2.12. The molecule has 1 aliphatic heterocycles. The van der Waals surface area contributed by atoms with Crippen molar-refractivity contribution in [2.24, 2.45) is 0 Å². The highest BCUT2D eigenvalue weighted by atomic mass is 32.2. The minimum absolute atomic E-state index is 0.00537. The second-order valence-electron chi connectivity index (χ2n) is 4.44. The van der Waals surface area contributed by atoms with Crippen LogP contribution in [0.2, 0.25) is 0 Å². The summed E-state index contributed by atoms with van der Waals surface area (Å²) in [6, 6.07) is 1.12. The van der Waals surface area contributed by atoms with Gasteiger partial charge in [0, 0.05) is 6.20 Å². The van der Waals surface area contributed by atoms with Crippen molar-refractivity contribution in [3.05, 3.63) is 24.0 Å². The highest BCUT2D eigenvalue weighted by molar-refractivity contribution is 7.97. The molecule has 1 atom stereocenters. The van der Waals surface area contributed by atoms with E-state index in [9.17, 15) is 21.6 Å². The zero-order valence-electron chi connectivity index (χ0n) is 10.2. The molecule has 10 heteroatoms. The van der Waals surface area contributed by atoms with Crippen LogP contribution in [0.3, 0.4) is 0 Å². The summed E-state index contributed by atoms with van der Waals surface area (Å²) in [5, 5.41) is 7.76. The maximum absolute atomic E-state index is 12.0. The number of nitrogens with zero attached hydrogens (tertiary/aromatic N) is 1. The molecule has 0 aromatic carbocycles. The van der Waals surface area contributed by atoms with Gasteiger partial charge >= 0.3 is 5.97 Å². The van der Waals surface area contributed by atoms with Crippen molar-refractivity contribution >= 4 is 31.5 Å². The SMILES string of the molecule is O=C(O)c1cncc(NS(=O)(=O)C2CCS(=O)(=O)C2)c1. The van der Waals surface area contributed by atoms with Gasteiger partial charge in [0.1, 0.15) is 0 Å². The number of sulfonamides is 1. The lowest BCUT2D eigenvalue weighted by atomic mass is 10.3. The summed E-state index contributed by atoms with van der Waals surface area (Å²) in [5.74, 6) is -1.82. The third-order valence-electron chi connectivity index (χ3n) is 2.87. The zero-order valence-corrected chi connectivity index (χ0v) is 11.8. The molecule has 0 amide bonds. The van der Waals surface area contributed by atoms with E-state index in [0.29, 0.717) is 0 Å². The summed E-state index contributed by atoms with van der Waals surface area (Å²) in [5.41, 5.74) is -0.168. The van der Waals surface area contributed by atoms with E-state index in [1.54, 1.807) is 0 Å². The minimum atomic E-state index is -3.89. The lowest BCUT2D eigenvalue weighted by molar-refractivity contribution is 0.0696. The van der Waals surface area contributed by atoms with Gasteiger partial charge in [-0.2, -0.15) is 0 Å². The first-order valence-corrected chi connectivity index (χ1v) is 8.97. The summed E-state index contributed by atoms with van der Waals surface area (Å²) in [7, 11) is -7.21. The molecule has 8 nitrogen and oxygen atoms in total. The smallest absolute Gasteiger partial charge is 0.337 e. The Kier molecular flexibility index (Phi) is 3.69. The van der Waals surface area contributed by atoms with Crippen molar-refractivity contribution in [3.8, 4) is 0 Å². The number of aromatic nitrogens is 1. The quantitative estimate of drug-likeness (QED) is 0.779. The molecule has 110 valence electrons. The van der Waals surface area contributed by atoms with Crippen LogP contribution in [-0.2, 0) is 19.9 Å². The molecule has 2 N–H and O–H groups in total. The molecule has 0 bridgehead atoms. The average Bonchev–Trinajstić information content (AvgIpc) is 2.70. The van der Waals surface area contributed by atoms with E-state index < -0.39 is 36.8 Å². The molecular formula is C10H12N2O6S2. The second kappa shape index (κ2) is 5.02. The fourth-order valence-electron chi connectivity index (χ4n) is 1.87. The van der Waals surface area contributed by atoms with Crippen LogP contribution >= 0.6 is 0 Å². The minimum Gasteiger partial charge on any atom is -0.478 e. The average molecular weight is 320 g/mol. The summed E-state index contributed by atoms with van der Waals surface area (Å²) in [6.45, 7) is 0. The number of rotatable bonds is 4. The molecule has 20 heavy (non-hydrogen) atoms. The Morgan fingerprint density at radius 1 is 1.40 bits per heavy atom. The third-order valence-corrected chi connectivity index (χ3v) is 6.65. The number of hydrogen-bond donors (Lipinski definition) is 2. The second-order valence-corrected chi connectivity index (χ2v) is 8.63. The largest absolute Gasteiger partial charge is 0.478 e. The molecule has 1 fully saturated rings. The van der Waals surface area contributed by atoms with Crippen molar-refractivity contribution in [2.45, 2.75) is 11.7 Å². The molecular weight excluding hydrogens is 308 g/mol. The number of anilines is 1. The molecule has 1 aromatic heterocycles. The summed E-state index contributed by atoms with van der Waals surface area (Å²) >= 11 is 0.